The molecule has 0 aliphatic rings. The number of nitrogens with one attached hydrogen (secondary N) is 2. The number of benzene rings is 1. The van der Waals surface area contributed by atoms with E-state index in [9.17, 15) is 5.11 Å². The number of phenolic OH excluding ortho intramolecular Hbond substituents is 1. The van der Waals surface area contributed by atoms with Gasteiger partial charge >= 0.3 is 0 Å². The lowest BCUT2D eigenvalue weighted by atomic mass is 10.1. The lowest BCUT2D eigenvalue weighted by Gasteiger charge is -2.11. The number of nitrogens with zero attached hydrogens (tertiary/aromatic N) is 1. The standard InChI is InChI=1S/C16H27N3O.HI/c1-4-17-16(18-10-8-13(2)3)19-11-9-14-6-5-7-15(20)12-14;/h5-7,12-13,20H,4,8-11H2,1-3H3,(H2,17,18,19);1H. The van der Waals surface area contributed by atoms with Gasteiger partial charge in [-0.2, -0.15) is 0 Å². The van der Waals surface area contributed by atoms with E-state index in [1.165, 1.54) is 0 Å². The molecule has 0 aliphatic heterocycles. The van der Waals surface area contributed by atoms with E-state index in [-0.39, 0.29) is 24.0 Å². The third-order valence-electron chi connectivity index (χ3n) is 2.94. The lowest BCUT2D eigenvalue weighted by molar-refractivity contribution is 0.474. The maximum Gasteiger partial charge on any atom is 0.191 e. The Labute approximate surface area is 145 Å². The molecule has 0 aromatic heterocycles. The average Bonchev–Trinajstić information content (AvgIpc) is 2.38. The van der Waals surface area contributed by atoms with Crippen LogP contribution in [0.2, 0.25) is 0 Å². The second-order valence-electron chi connectivity index (χ2n) is 5.29. The summed E-state index contributed by atoms with van der Waals surface area (Å²) in [5.74, 6) is 1.86. The topological polar surface area (TPSA) is 56.7 Å². The monoisotopic (exact) mass is 405 g/mol. The molecular weight excluding hydrogens is 377 g/mol. The number of halogens is 1. The molecule has 0 bridgehead atoms. The minimum absolute atomic E-state index is 0. The molecule has 0 radical (unpaired) electrons. The van der Waals surface area contributed by atoms with Crippen LogP contribution in [0.25, 0.3) is 0 Å². The minimum atomic E-state index is 0. The van der Waals surface area contributed by atoms with Gasteiger partial charge in [-0.3, -0.25) is 4.99 Å². The number of aromatic hydroxyl groups is 1. The van der Waals surface area contributed by atoms with Crippen LogP contribution in [-0.4, -0.2) is 30.7 Å². The molecule has 3 N–H and O–H groups in total. The third kappa shape index (κ3) is 9.55. The molecule has 0 spiro atoms. The maximum absolute atomic E-state index is 9.42. The minimum Gasteiger partial charge on any atom is -0.508 e. The summed E-state index contributed by atoms with van der Waals surface area (Å²) in [7, 11) is 0. The summed E-state index contributed by atoms with van der Waals surface area (Å²) in [5.41, 5.74) is 1.12. The normalized spacial score (nSPS) is 11.1. The number of phenols is 1. The fraction of sp³-hybridized carbons (Fsp3) is 0.562. The van der Waals surface area contributed by atoms with Crippen molar-refractivity contribution in [3.8, 4) is 5.75 Å². The Morgan fingerprint density at radius 1 is 1.29 bits per heavy atom. The van der Waals surface area contributed by atoms with E-state index in [1.807, 2.05) is 12.1 Å². The molecular formula is C16H28IN3O. The molecule has 0 saturated heterocycles. The van der Waals surface area contributed by atoms with Crippen LogP contribution in [0.5, 0.6) is 5.75 Å². The Morgan fingerprint density at radius 2 is 2.05 bits per heavy atom. The Bertz CT molecular complexity index is 422. The molecule has 0 heterocycles. The SMILES string of the molecule is CCNC(=NCCC(C)C)NCCc1cccc(O)c1.I. The first-order valence-corrected chi connectivity index (χ1v) is 7.42. The number of aliphatic imine (C=N–C) groups is 1. The summed E-state index contributed by atoms with van der Waals surface area (Å²) in [5, 5.41) is 16.0. The number of hydrogen-bond acceptors (Lipinski definition) is 2. The van der Waals surface area contributed by atoms with Crippen molar-refractivity contribution in [2.24, 2.45) is 10.9 Å². The van der Waals surface area contributed by atoms with Gasteiger partial charge in [-0.15, -0.1) is 24.0 Å². The zero-order valence-electron chi connectivity index (χ0n) is 13.2. The van der Waals surface area contributed by atoms with Crippen molar-refractivity contribution in [1.82, 2.24) is 10.6 Å². The van der Waals surface area contributed by atoms with Gasteiger partial charge in [0.25, 0.3) is 0 Å². The van der Waals surface area contributed by atoms with E-state index in [1.54, 1.807) is 12.1 Å². The first-order valence-electron chi connectivity index (χ1n) is 7.42. The van der Waals surface area contributed by atoms with Crippen LogP contribution in [0.1, 0.15) is 32.8 Å². The number of rotatable bonds is 7. The predicted molar refractivity (Wildman–Crippen MR) is 101 cm³/mol. The molecule has 120 valence electrons. The van der Waals surface area contributed by atoms with Gasteiger partial charge in [0.15, 0.2) is 5.96 Å². The zero-order valence-corrected chi connectivity index (χ0v) is 15.6. The van der Waals surface area contributed by atoms with E-state index in [2.05, 4.69) is 36.4 Å². The predicted octanol–water partition coefficient (Wildman–Crippen LogP) is 3.15. The summed E-state index contributed by atoms with van der Waals surface area (Å²) >= 11 is 0. The van der Waals surface area contributed by atoms with Crippen molar-refractivity contribution in [3.63, 3.8) is 0 Å². The molecule has 0 atom stereocenters. The van der Waals surface area contributed by atoms with Crippen LogP contribution < -0.4 is 10.6 Å². The van der Waals surface area contributed by atoms with E-state index < -0.39 is 0 Å². The highest BCUT2D eigenvalue weighted by atomic mass is 127. The zero-order chi connectivity index (χ0) is 14.8. The van der Waals surface area contributed by atoms with E-state index >= 15 is 0 Å². The fourth-order valence-corrected chi connectivity index (χ4v) is 1.81. The molecule has 1 rings (SSSR count). The van der Waals surface area contributed by atoms with E-state index in [4.69, 9.17) is 0 Å². The maximum atomic E-state index is 9.42. The third-order valence-corrected chi connectivity index (χ3v) is 2.94. The van der Waals surface area contributed by atoms with Crippen LogP contribution in [0.15, 0.2) is 29.3 Å². The van der Waals surface area contributed by atoms with Crippen molar-refractivity contribution in [2.75, 3.05) is 19.6 Å². The molecule has 5 heteroatoms. The average molecular weight is 405 g/mol. The van der Waals surface area contributed by atoms with E-state index in [0.717, 1.165) is 44.0 Å². The molecule has 0 aliphatic carbocycles. The van der Waals surface area contributed by atoms with Gasteiger partial charge in [0.05, 0.1) is 0 Å². The van der Waals surface area contributed by atoms with Crippen molar-refractivity contribution in [3.05, 3.63) is 29.8 Å². The summed E-state index contributed by atoms with van der Waals surface area (Å²) in [6.07, 6.45) is 1.96. The Morgan fingerprint density at radius 3 is 2.67 bits per heavy atom. The van der Waals surface area contributed by atoms with Gasteiger partial charge in [-0.05, 0) is 43.4 Å². The van der Waals surface area contributed by atoms with Gasteiger partial charge in [0.2, 0.25) is 0 Å². The Hall–Kier alpha value is -0.980. The first kappa shape index (κ1) is 20.0. The number of guanidine groups is 1. The first-order chi connectivity index (χ1) is 9.61. The van der Waals surface area contributed by atoms with Crippen LogP contribution >= 0.6 is 24.0 Å². The van der Waals surface area contributed by atoms with Crippen molar-refractivity contribution < 1.29 is 5.11 Å². The van der Waals surface area contributed by atoms with Crippen molar-refractivity contribution in [1.29, 1.82) is 0 Å². The van der Waals surface area contributed by atoms with Crippen LogP contribution in [0.3, 0.4) is 0 Å². The largest absolute Gasteiger partial charge is 0.508 e. The molecule has 1 aromatic carbocycles. The lowest BCUT2D eigenvalue weighted by Crippen LogP contribution is -2.38. The van der Waals surface area contributed by atoms with Crippen molar-refractivity contribution >= 4 is 29.9 Å². The Balaban J connectivity index is 0.00000400. The van der Waals surface area contributed by atoms with Crippen molar-refractivity contribution in [2.45, 2.75) is 33.6 Å². The summed E-state index contributed by atoms with van der Waals surface area (Å²) in [6, 6.07) is 7.37. The molecule has 21 heavy (non-hydrogen) atoms. The van der Waals surface area contributed by atoms with Gasteiger partial charge in [-0.25, -0.2) is 0 Å². The van der Waals surface area contributed by atoms with Crippen LogP contribution in [0.4, 0.5) is 0 Å². The van der Waals surface area contributed by atoms with E-state index in [0.29, 0.717) is 11.7 Å². The molecule has 0 saturated carbocycles. The number of hydrogen-bond donors (Lipinski definition) is 3. The fourth-order valence-electron chi connectivity index (χ4n) is 1.81. The molecule has 1 aromatic rings. The van der Waals surface area contributed by atoms with Crippen LogP contribution in [-0.2, 0) is 6.42 Å². The van der Waals surface area contributed by atoms with Gasteiger partial charge < -0.3 is 15.7 Å². The highest BCUT2D eigenvalue weighted by Gasteiger charge is 1.99. The summed E-state index contributed by atoms with van der Waals surface area (Å²) < 4.78 is 0. The van der Waals surface area contributed by atoms with Gasteiger partial charge in [0.1, 0.15) is 5.75 Å². The molecule has 0 amide bonds. The van der Waals surface area contributed by atoms with Gasteiger partial charge in [0, 0.05) is 19.6 Å². The van der Waals surface area contributed by atoms with Gasteiger partial charge in [-0.1, -0.05) is 26.0 Å². The molecule has 0 unspecified atom stereocenters. The molecule has 0 fully saturated rings. The quantitative estimate of drug-likeness (QED) is 0.371. The highest BCUT2D eigenvalue weighted by molar-refractivity contribution is 14.0. The molecule has 4 nitrogen and oxygen atoms in total. The Kier molecular flexibility index (Phi) is 11.1. The second kappa shape index (κ2) is 11.7. The second-order valence-corrected chi connectivity index (χ2v) is 5.29. The smallest absolute Gasteiger partial charge is 0.191 e. The highest BCUT2D eigenvalue weighted by Crippen LogP contribution is 2.10. The summed E-state index contributed by atoms with van der Waals surface area (Å²) in [4.78, 5) is 4.55. The summed E-state index contributed by atoms with van der Waals surface area (Å²) in [6.45, 7) is 8.99. The van der Waals surface area contributed by atoms with Crippen LogP contribution in [0, 0.1) is 5.92 Å².